The second kappa shape index (κ2) is 6.79. The highest BCUT2D eigenvalue weighted by Crippen LogP contribution is 2.25. The fraction of sp³-hybridized carbons (Fsp3) is 0.357. The maximum absolute atomic E-state index is 13.9. The number of esters is 1. The number of hydrogen-bond acceptors (Lipinski definition) is 3. The van der Waals surface area contributed by atoms with Gasteiger partial charge in [0.2, 0.25) is 0 Å². The SMILES string of the molecule is CCOC(=O)/C=C/c1ccc(OC)c(F)c1CC. The van der Waals surface area contributed by atoms with Gasteiger partial charge in [0.1, 0.15) is 0 Å². The lowest BCUT2D eigenvalue weighted by atomic mass is 10.0. The number of carbonyl (C=O) groups excluding carboxylic acids is 1. The van der Waals surface area contributed by atoms with Gasteiger partial charge in [0, 0.05) is 6.08 Å². The Morgan fingerprint density at radius 1 is 1.39 bits per heavy atom. The Labute approximate surface area is 106 Å². The largest absolute Gasteiger partial charge is 0.494 e. The van der Waals surface area contributed by atoms with Crippen molar-refractivity contribution in [3.63, 3.8) is 0 Å². The van der Waals surface area contributed by atoms with Crippen LogP contribution in [-0.4, -0.2) is 19.7 Å². The summed E-state index contributed by atoms with van der Waals surface area (Å²) in [7, 11) is 1.42. The molecule has 0 spiro atoms. The van der Waals surface area contributed by atoms with Gasteiger partial charge in [0.25, 0.3) is 0 Å². The van der Waals surface area contributed by atoms with E-state index in [-0.39, 0.29) is 11.6 Å². The van der Waals surface area contributed by atoms with Crippen LogP contribution in [0.2, 0.25) is 0 Å². The van der Waals surface area contributed by atoms with Crippen LogP contribution in [-0.2, 0) is 16.0 Å². The van der Waals surface area contributed by atoms with Crippen LogP contribution in [0.1, 0.15) is 25.0 Å². The highest BCUT2D eigenvalue weighted by Gasteiger charge is 2.11. The van der Waals surface area contributed by atoms with E-state index in [0.29, 0.717) is 24.2 Å². The Bertz CT molecular complexity index is 453. The highest BCUT2D eigenvalue weighted by molar-refractivity contribution is 5.87. The Balaban J connectivity index is 3.03. The Kier molecular flexibility index (Phi) is 5.36. The van der Waals surface area contributed by atoms with Crippen molar-refractivity contribution in [3.05, 3.63) is 35.2 Å². The molecule has 0 unspecified atom stereocenters. The quantitative estimate of drug-likeness (QED) is 0.597. The van der Waals surface area contributed by atoms with Gasteiger partial charge >= 0.3 is 5.97 Å². The third-order valence-corrected chi connectivity index (χ3v) is 2.50. The van der Waals surface area contributed by atoms with Gasteiger partial charge in [0.05, 0.1) is 13.7 Å². The van der Waals surface area contributed by atoms with Crippen LogP contribution >= 0.6 is 0 Å². The predicted octanol–water partition coefficient (Wildman–Crippen LogP) is 2.97. The van der Waals surface area contributed by atoms with E-state index in [0.717, 1.165) is 0 Å². The maximum atomic E-state index is 13.9. The van der Waals surface area contributed by atoms with Crippen molar-refractivity contribution in [2.75, 3.05) is 13.7 Å². The monoisotopic (exact) mass is 252 g/mol. The molecule has 0 amide bonds. The molecule has 0 aliphatic heterocycles. The topological polar surface area (TPSA) is 35.5 Å². The minimum absolute atomic E-state index is 0.208. The zero-order chi connectivity index (χ0) is 13.5. The average molecular weight is 252 g/mol. The molecular weight excluding hydrogens is 235 g/mol. The van der Waals surface area contributed by atoms with Crippen LogP contribution in [0.3, 0.4) is 0 Å². The molecule has 98 valence electrons. The second-order valence-corrected chi connectivity index (χ2v) is 3.59. The van der Waals surface area contributed by atoms with Gasteiger partial charge in [0.15, 0.2) is 11.6 Å². The van der Waals surface area contributed by atoms with E-state index >= 15 is 0 Å². The minimum atomic E-state index is -0.434. The van der Waals surface area contributed by atoms with Gasteiger partial charge in [-0.15, -0.1) is 0 Å². The summed E-state index contributed by atoms with van der Waals surface area (Å²) in [5, 5.41) is 0. The van der Waals surface area contributed by atoms with Crippen molar-refractivity contribution in [1.29, 1.82) is 0 Å². The number of carbonyl (C=O) groups is 1. The Morgan fingerprint density at radius 3 is 2.67 bits per heavy atom. The number of halogens is 1. The highest BCUT2D eigenvalue weighted by atomic mass is 19.1. The van der Waals surface area contributed by atoms with Crippen LogP contribution in [0.15, 0.2) is 18.2 Å². The fourth-order valence-electron chi connectivity index (χ4n) is 1.64. The zero-order valence-electron chi connectivity index (χ0n) is 10.8. The van der Waals surface area contributed by atoms with Crippen LogP contribution in [0.25, 0.3) is 6.08 Å². The molecule has 0 saturated carbocycles. The molecule has 0 heterocycles. The van der Waals surface area contributed by atoms with E-state index in [1.165, 1.54) is 13.2 Å². The van der Waals surface area contributed by atoms with Crippen molar-refractivity contribution in [2.24, 2.45) is 0 Å². The van der Waals surface area contributed by atoms with Gasteiger partial charge < -0.3 is 9.47 Å². The average Bonchev–Trinajstić information content (AvgIpc) is 2.36. The molecule has 0 aliphatic rings. The molecule has 0 radical (unpaired) electrons. The lowest BCUT2D eigenvalue weighted by Gasteiger charge is -2.09. The third-order valence-electron chi connectivity index (χ3n) is 2.50. The van der Waals surface area contributed by atoms with E-state index in [4.69, 9.17) is 9.47 Å². The van der Waals surface area contributed by atoms with E-state index in [9.17, 15) is 9.18 Å². The molecule has 0 bridgehead atoms. The van der Waals surface area contributed by atoms with Crippen LogP contribution in [0.4, 0.5) is 4.39 Å². The summed E-state index contributed by atoms with van der Waals surface area (Å²) in [4.78, 5) is 11.2. The van der Waals surface area contributed by atoms with Crippen molar-refractivity contribution < 1.29 is 18.7 Å². The van der Waals surface area contributed by atoms with Gasteiger partial charge in [-0.05, 0) is 36.6 Å². The molecule has 0 atom stereocenters. The third kappa shape index (κ3) is 3.32. The zero-order valence-corrected chi connectivity index (χ0v) is 10.8. The Hall–Kier alpha value is -1.84. The number of benzene rings is 1. The van der Waals surface area contributed by atoms with E-state index in [1.807, 2.05) is 6.92 Å². The van der Waals surface area contributed by atoms with Crippen molar-refractivity contribution >= 4 is 12.0 Å². The van der Waals surface area contributed by atoms with E-state index in [2.05, 4.69) is 0 Å². The molecule has 0 aliphatic carbocycles. The lowest BCUT2D eigenvalue weighted by molar-refractivity contribution is -0.137. The standard InChI is InChI=1S/C14H17FO3/c1-4-11-10(7-9-13(16)18-5-2)6-8-12(17-3)14(11)15/h6-9H,4-5H2,1-3H3/b9-7+. The van der Waals surface area contributed by atoms with Crippen LogP contribution in [0, 0.1) is 5.82 Å². The molecule has 0 saturated heterocycles. The molecule has 0 N–H and O–H groups in total. The van der Waals surface area contributed by atoms with E-state index < -0.39 is 5.97 Å². The van der Waals surface area contributed by atoms with Gasteiger partial charge in [-0.1, -0.05) is 13.0 Å². The number of hydrogen-bond donors (Lipinski definition) is 0. The first kappa shape index (κ1) is 14.2. The van der Waals surface area contributed by atoms with Gasteiger partial charge in [-0.2, -0.15) is 0 Å². The predicted molar refractivity (Wildman–Crippen MR) is 68.0 cm³/mol. The smallest absolute Gasteiger partial charge is 0.330 e. The number of rotatable bonds is 5. The molecule has 0 fully saturated rings. The second-order valence-electron chi connectivity index (χ2n) is 3.59. The maximum Gasteiger partial charge on any atom is 0.330 e. The summed E-state index contributed by atoms with van der Waals surface area (Å²) >= 11 is 0. The van der Waals surface area contributed by atoms with E-state index in [1.54, 1.807) is 25.1 Å². The molecule has 0 aromatic heterocycles. The van der Waals surface area contributed by atoms with Crippen LogP contribution in [0.5, 0.6) is 5.75 Å². The van der Waals surface area contributed by atoms with Crippen LogP contribution < -0.4 is 4.74 Å². The molecular formula is C14H17FO3. The summed E-state index contributed by atoms with van der Waals surface area (Å²) in [6.07, 6.45) is 3.37. The molecule has 1 aromatic rings. The summed E-state index contributed by atoms with van der Waals surface area (Å²) in [6, 6.07) is 3.26. The first-order valence-corrected chi connectivity index (χ1v) is 5.84. The van der Waals surface area contributed by atoms with Crippen molar-refractivity contribution in [3.8, 4) is 5.75 Å². The normalized spacial score (nSPS) is 10.7. The summed E-state index contributed by atoms with van der Waals surface area (Å²) in [5.41, 5.74) is 1.18. The first-order valence-electron chi connectivity index (χ1n) is 5.84. The summed E-state index contributed by atoms with van der Waals surface area (Å²) < 4.78 is 23.6. The summed E-state index contributed by atoms with van der Waals surface area (Å²) in [5.74, 6) is -0.609. The lowest BCUT2D eigenvalue weighted by Crippen LogP contribution is -2.00. The number of methoxy groups -OCH3 is 1. The Morgan fingerprint density at radius 2 is 2.11 bits per heavy atom. The van der Waals surface area contributed by atoms with Gasteiger partial charge in [-0.25, -0.2) is 9.18 Å². The number of ether oxygens (including phenoxy) is 2. The molecule has 3 nitrogen and oxygen atoms in total. The molecule has 4 heteroatoms. The molecule has 18 heavy (non-hydrogen) atoms. The van der Waals surface area contributed by atoms with Crippen molar-refractivity contribution in [2.45, 2.75) is 20.3 Å². The minimum Gasteiger partial charge on any atom is -0.494 e. The van der Waals surface area contributed by atoms with Gasteiger partial charge in [-0.3, -0.25) is 0 Å². The molecule has 1 rings (SSSR count). The summed E-state index contributed by atoms with van der Waals surface area (Å²) in [6.45, 7) is 3.90. The first-order chi connectivity index (χ1) is 8.63. The fourth-order valence-corrected chi connectivity index (χ4v) is 1.64. The molecule has 1 aromatic carbocycles. The van der Waals surface area contributed by atoms with Crippen molar-refractivity contribution in [1.82, 2.24) is 0 Å².